The number of hydrogen-bond acceptors (Lipinski definition) is 5. The van der Waals surface area contributed by atoms with Gasteiger partial charge in [-0.2, -0.15) is 0 Å². The van der Waals surface area contributed by atoms with E-state index in [9.17, 15) is 0 Å². The molecule has 0 spiro atoms. The fraction of sp³-hybridized carbons (Fsp3) is 0.750. The summed E-state index contributed by atoms with van der Waals surface area (Å²) < 4.78 is 3.94. The van der Waals surface area contributed by atoms with Crippen molar-refractivity contribution in [1.29, 1.82) is 0 Å². The average Bonchev–Trinajstić information content (AvgIpc) is 2.54. The van der Waals surface area contributed by atoms with Gasteiger partial charge in [-0.05, 0) is 18.5 Å². The molecule has 1 fully saturated rings. The summed E-state index contributed by atoms with van der Waals surface area (Å²) in [6, 6.07) is 0. The molecule has 0 aliphatic carbocycles. The number of nitrogens with zero attached hydrogens (tertiary/aromatic N) is 3. The number of aromatic nitrogens is 2. The van der Waals surface area contributed by atoms with E-state index in [1.807, 2.05) is 6.92 Å². The summed E-state index contributed by atoms with van der Waals surface area (Å²) in [5, 5.41) is 7.35. The maximum absolute atomic E-state index is 4.01. The molecular formula is C8H14N4S. The minimum atomic E-state index is 1.02. The molecule has 1 aromatic heterocycles. The topological polar surface area (TPSA) is 41.1 Å². The van der Waals surface area contributed by atoms with E-state index in [0.717, 1.165) is 38.4 Å². The molecule has 5 heteroatoms. The van der Waals surface area contributed by atoms with Crippen molar-refractivity contribution in [2.45, 2.75) is 13.5 Å². The molecule has 4 nitrogen and oxygen atoms in total. The summed E-state index contributed by atoms with van der Waals surface area (Å²) in [7, 11) is 0. The molecule has 13 heavy (non-hydrogen) atoms. The first-order valence-electron chi connectivity index (χ1n) is 4.57. The average molecular weight is 198 g/mol. The van der Waals surface area contributed by atoms with E-state index in [-0.39, 0.29) is 0 Å². The standard InChI is InChI=1S/C8H14N4S/c1-7-8(13-11-10-7)6-12-4-2-9-3-5-12/h9H,2-6H2,1H3. The molecule has 0 amide bonds. The van der Waals surface area contributed by atoms with Crippen molar-refractivity contribution in [3.8, 4) is 0 Å². The van der Waals surface area contributed by atoms with Gasteiger partial charge < -0.3 is 5.32 Å². The van der Waals surface area contributed by atoms with Gasteiger partial charge in [-0.1, -0.05) is 4.49 Å². The Bertz CT molecular complexity index is 267. The minimum Gasteiger partial charge on any atom is -0.314 e. The quantitative estimate of drug-likeness (QED) is 0.739. The lowest BCUT2D eigenvalue weighted by Gasteiger charge is -2.26. The first kappa shape index (κ1) is 9.05. The Kier molecular flexibility index (Phi) is 2.87. The second kappa shape index (κ2) is 4.13. The normalized spacial score (nSPS) is 19.2. The molecule has 0 aromatic carbocycles. The fourth-order valence-corrected chi connectivity index (χ4v) is 2.14. The van der Waals surface area contributed by atoms with Gasteiger partial charge in [0.1, 0.15) is 0 Å². The third kappa shape index (κ3) is 2.24. The Morgan fingerprint density at radius 3 is 2.85 bits per heavy atom. The smallest absolute Gasteiger partial charge is 0.0769 e. The Morgan fingerprint density at radius 1 is 1.46 bits per heavy atom. The van der Waals surface area contributed by atoms with Crippen LogP contribution in [0.2, 0.25) is 0 Å². The predicted octanol–water partition coefficient (Wildman–Crippen LogP) is 0.252. The van der Waals surface area contributed by atoms with E-state index in [0.29, 0.717) is 0 Å². The van der Waals surface area contributed by atoms with Crippen LogP contribution in [0.1, 0.15) is 10.6 Å². The summed E-state index contributed by atoms with van der Waals surface area (Å²) >= 11 is 1.52. The van der Waals surface area contributed by atoms with Crippen LogP contribution in [0.5, 0.6) is 0 Å². The van der Waals surface area contributed by atoms with Crippen molar-refractivity contribution in [2.24, 2.45) is 0 Å². The highest BCUT2D eigenvalue weighted by atomic mass is 32.1. The molecule has 2 heterocycles. The lowest BCUT2D eigenvalue weighted by atomic mass is 10.3. The van der Waals surface area contributed by atoms with Gasteiger partial charge in [0.15, 0.2) is 0 Å². The maximum atomic E-state index is 4.01. The van der Waals surface area contributed by atoms with Gasteiger partial charge >= 0.3 is 0 Å². The molecule has 1 N–H and O–H groups in total. The number of piperazine rings is 1. The van der Waals surface area contributed by atoms with E-state index >= 15 is 0 Å². The van der Waals surface area contributed by atoms with Crippen LogP contribution in [-0.4, -0.2) is 40.7 Å². The third-order valence-corrected chi connectivity index (χ3v) is 3.13. The van der Waals surface area contributed by atoms with Crippen LogP contribution in [-0.2, 0) is 6.54 Å². The van der Waals surface area contributed by atoms with E-state index in [2.05, 4.69) is 19.8 Å². The van der Waals surface area contributed by atoms with Crippen LogP contribution in [0.25, 0.3) is 0 Å². The predicted molar refractivity (Wildman–Crippen MR) is 52.8 cm³/mol. The van der Waals surface area contributed by atoms with E-state index in [1.165, 1.54) is 16.4 Å². The highest BCUT2D eigenvalue weighted by molar-refractivity contribution is 7.05. The van der Waals surface area contributed by atoms with Crippen LogP contribution < -0.4 is 5.32 Å². The number of aryl methyl sites for hydroxylation is 1. The zero-order chi connectivity index (χ0) is 9.10. The van der Waals surface area contributed by atoms with E-state index in [4.69, 9.17) is 0 Å². The van der Waals surface area contributed by atoms with Crippen LogP contribution in [0.3, 0.4) is 0 Å². The first-order chi connectivity index (χ1) is 6.36. The number of rotatable bonds is 2. The second-order valence-electron chi connectivity index (χ2n) is 3.31. The van der Waals surface area contributed by atoms with Gasteiger partial charge in [-0.25, -0.2) is 0 Å². The fourth-order valence-electron chi connectivity index (χ4n) is 1.47. The monoisotopic (exact) mass is 198 g/mol. The largest absolute Gasteiger partial charge is 0.314 e. The Morgan fingerprint density at radius 2 is 2.23 bits per heavy atom. The SMILES string of the molecule is Cc1nnsc1CN1CCNCC1. The van der Waals surface area contributed by atoms with Gasteiger partial charge in [-0.3, -0.25) is 4.90 Å². The second-order valence-corrected chi connectivity index (χ2v) is 4.15. The third-order valence-electron chi connectivity index (χ3n) is 2.32. The van der Waals surface area contributed by atoms with Crippen molar-refractivity contribution in [1.82, 2.24) is 19.8 Å². The molecule has 0 radical (unpaired) electrons. The zero-order valence-electron chi connectivity index (χ0n) is 7.79. The van der Waals surface area contributed by atoms with Crippen molar-refractivity contribution in [2.75, 3.05) is 26.2 Å². The lowest BCUT2D eigenvalue weighted by molar-refractivity contribution is 0.234. The van der Waals surface area contributed by atoms with Gasteiger partial charge in [-0.15, -0.1) is 5.10 Å². The zero-order valence-corrected chi connectivity index (χ0v) is 8.60. The molecule has 0 unspecified atom stereocenters. The van der Waals surface area contributed by atoms with Gasteiger partial charge in [0, 0.05) is 32.7 Å². The summed E-state index contributed by atoms with van der Waals surface area (Å²) in [5.74, 6) is 0. The van der Waals surface area contributed by atoms with Crippen molar-refractivity contribution >= 4 is 11.5 Å². The molecule has 0 atom stereocenters. The Labute approximate surface area is 82.1 Å². The molecule has 0 bridgehead atoms. The van der Waals surface area contributed by atoms with Gasteiger partial charge in [0.2, 0.25) is 0 Å². The van der Waals surface area contributed by atoms with E-state index < -0.39 is 0 Å². The first-order valence-corrected chi connectivity index (χ1v) is 5.34. The van der Waals surface area contributed by atoms with Crippen LogP contribution in [0.4, 0.5) is 0 Å². The minimum absolute atomic E-state index is 1.02. The lowest BCUT2D eigenvalue weighted by Crippen LogP contribution is -2.42. The van der Waals surface area contributed by atoms with Crippen molar-refractivity contribution in [3.63, 3.8) is 0 Å². The molecule has 1 saturated heterocycles. The van der Waals surface area contributed by atoms with Crippen LogP contribution >= 0.6 is 11.5 Å². The number of hydrogen-bond donors (Lipinski definition) is 1. The molecule has 1 aromatic rings. The van der Waals surface area contributed by atoms with Crippen molar-refractivity contribution < 1.29 is 0 Å². The van der Waals surface area contributed by atoms with Crippen LogP contribution in [0, 0.1) is 6.92 Å². The maximum Gasteiger partial charge on any atom is 0.0769 e. The van der Waals surface area contributed by atoms with Crippen LogP contribution in [0.15, 0.2) is 0 Å². The molecular weight excluding hydrogens is 184 g/mol. The molecule has 0 saturated carbocycles. The van der Waals surface area contributed by atoms with E-state index in [1.54, 1.807) is 0 Å². The molecule has 1 aliphatic heterocycles. The summed E-state index contributed by atoms with van der Waals surface area (Å²) in [4.78, 5) is 3.75. The highest BCUT2D eigenvalue weighted by Crippen LogP contribution is 2.12. The van der Waals surface area contributed by atoms with Gasteiger partial charge in [0.25, 0.3) is 0 Å². The Balaban J connectivity index is 1.93. The van der Waals surface area contributed by atoms with Crippen molar-refractivity contribution in [3.05, 3.63) is 10.6 Å². The summed E-state index contributed by atoms with van der Waals surface area (Å²) in [6.07, 6.45) is 0. The Hall–Kier alpha value is -0.520. The van der Waals surface area contributed by atoms with Gasteiger partial charge in [0.05, 0.1) is 10.6 Å². The molecule has 1 aliphatic rings. The summed E-state index contributed by atoms with van der Waals surface area (Å²) in [5.41, 5.74) is 1.09. The molecule has 72 valence electrons. The highest BCUT2D eigenvalue weighted by Gasteiger charge is 2.12. The number of nitrogens with one attached hydrogen (secondary N) is 1. The molecule has 2 rings (SSSR count). The summed E-state index contributed by atoms with van der Waals surface area (Å²) in [6.45, 7) is 7.53.